The fourth-order valence-electron chi connectivity index (χ4n) is 2.70. The lowest BCUT2D eigenvalue weighted by Gasteiger charge is -2.05. The van der Waals surface area contributed by atoms with Gasteiger partial charge in [-0.05, 0) is 35.4 Å². The molecule has 4 rings (SSSR count). The van der Waals surface area contributed by atoms with Crippen molar-refractivity contribution in [3.63, 3.8) is 0 Å². The molecule has 0 saturated heterocycles. The number of fused-ring (bicyclic) bond motifs is 2. The Labute approximate surface area is 144 Å². The Kier molecular flexibility index (Phi) is 4.35. The third kappa shape index (κ3) is 3.15. The monoisotopic (exact) mass is 334 g/mol. The van der Waals surface area contributed by atoms with Crippen LogP contribution in [-0.4, -0.2) is 20.4 Å². The number of aromatic hydroxyl groups is 4. The molecule has 0 bridgehead atoms. The molecule has 0 aliphatic carbocycles. The fraction of sp³-hybridized carbons (Fsp3) is 0.0476. The molecule has 0 aliphatic rings. The summed E-state index contributed by atoms with van der Waals surface area (Å²) >= 11 is 0. The van der Waals surface area contributed by atoms with E-state index in [4.69, 9.17) is 5.11 Å². The minimum atomic E-state index is -0.0753. The van der Waals surface area contributed by atoms with Gasteiger partial charge in [0.15, 0.2) is 23.0 Å². The van der Waals surface area contributed by atoms with E-state index < -0.39 is 0 Å². The highest BCUT2D eigenvalue weighted by molar-refractivity contribution is 5.91. The lowest BCUT2D eigenvalue weighted by atomic mass is 10.1. The molecule has 0 amide bonds. The predicted molar refractivity (Wildman–Crippen MR) is 99.3 cm³/mol. The van der Waals surface area contributed by atoms with E-state index in [1.165, 1.54) is 6.07 Å². The van der Waals surface area contributed by atoms with Crippen LogP contribution in [0.1, 0.15) is 5.56 Å². The maximum Gasteiger partial charge on any atom is 0.165 e. The first kappa shape index (κ1) is 16.5. The molecule has 0 fully saturated rings. The number of rotatable bonds is 0. The normalized spacial score (nSPS) is 10.4. The van der Waals surface area contributed by atoms with Crippen molar-refractivity contribution in [2.45, 2.75) is 6.92 Å². The number of aryl methyl sites for hydroxylation is 1. The van der Waals surface area contributed by atoms with Gasteiger partial charge in [0.2, 0.25) is 0 Å². The number of hydrogen-bond acceptors (Lipinski definition) is 4. The number of hydrogen-bond donors (Lipinski definition) is 4. The third-order valence-electron chi connectivity index (χ3n) is 4.07. The van der Waals surface area contributed by atoms with Crippen molar-refractivity contribution in [2.24, 2.45) is 0 Å². The zero-order valence-electron chi connectivity index (χ0n) is 13.6. The highest BCUT2D eigenvalue weighted by atomic mass is 16.3. The Morgan fingerprint density at radius 2 is 1.12 bits per heavy atom. The van der Waals surface area contributed by atoms with Crippen molar-refractivity contribution in [1.82, 2.24) is 0 Å². The maximum absolute atomic E-state index is 9.59. The fourth-order valence-corrected chi connectivity index (χ4v) is 2.70. The van der Waals surface area contributed by atoms with Crippen molar-refractivity contribution < 1.29 is 20.4 Å². The van der Waals surface area contributed by atoms with E-state index in [1.54, 1.807) is 25.1 Å². The Hall–Kier alpha value is -3.40. The van der Waals surface area contributed by atoms with Crippen LogP contribution in [0.15, 0.2) is 66.7 Å². The second-order valence-electron chi connectivity index (χ2n) is 5.77. The zero-order chi connectivity index (χ0) is 18.0. The molecule has 0 atom stereocenters. The van der Waals surface area contributed by atoms with Crippen LogP contribution in [0, 0.1) is 6.92 Å². The van der Waals surface area contributed by atoms with Gasteiger partial charge in [-0.3, -0.25) is 0 Å². The summed E-state index contributed by atoms with van der Waals surface area (Å²) in [6.07, 6.45) is 0. The van der Waals surface area contributed by atoms with Gasteiger partial charge in [0.1, 0.15) is 0 Å². The molecule has 0 unspecified atom stereocenters. The largest absolute Gasteiger partial charge is 0.504 e. The zero-order valence-corrected chi connectivity index (χ0v) is 13.6. The van der Waals surface area contributed by atoms with Crippen LogP contribution in [0.2, 0.25) is 0 Å². The smallest absolute Gasteiger partial charge is 0.165 e. The van der Waals surface area contributed by atoms with Gasteiger partial charge in [-0.15, -0.1) is 0 Å². The van der Waals surface area contributed by atoms with Crippen molar-refractivity contribution in [3.05, 3.63) is 72.3 Å². The molecule has 4 aromatic carbocycles. The number of benzene rings is 4. The Morgan fingerprint density at radius 1 is 0.560 bits per heavy atom. The Bertz CT molecular complexity index is 1050. The van der Waals surface area contributed by atoms with Crippen molar-refractivity contribution in [2.75, 3.05) is 0 Å². The summed E-state index contributed by atoms with van der Waals surface area (Å²) < 4.78 is 0. The summed E-state index contributed by atoms with van der Waals surface area (Å²) in [5.74, 6) is -0.184. The predicted octanol–water partition coefficient (Wildman–Crippen LogP) is 4.81. The molecule has 4 N–H and O–H groups in total. The maximum atomic E-state index is 9.59. The summed E-state index contributed by atoms with van der Waals surface area (Å²) in [7, 11) is 0. The molecule has 126 valence electrons. The van der Waals surface area contributed by atoms with E-state index in [9.17, 15) is 15.3 Å². The average Bonchev–Trinajstić information content (AvgIpc) is 2.64. The van der Waals surface area contributed by atoms with Gasteiger partial charge in [0, 0.05) is 10.8 Å². The third-order valence-corrected chi connectivity index (χ3v) is 4.07. The van der Waals surface area contributed by atoms with Crippen LogP contribution >= 0.6 is 0 Å². The summed E-state index contributed by atoms with van der Waals surface area (Å²) in [6.45, 7) is 1.77. The van der Waals surface area contributed by atoms with E-state index in [0.29, 0.717) is 16.3 Å². The molecular formula is C21H18O4. The van der Waals surface area contributed by atoms with Crippen LogP contribution in [0.4, 0.5) is 0 Å². The molecule has 0 aromatic heterocycles. The molecule has 0 saturated carbocycles. The van der Waals surface area contributed by atoms with Gasteiger partial charge >= 0.3 is 0 Å². The van der Waals surface area contributed by atoms with E-state index in [2.05, 4.69) is 0 Å². The molecule has 4 heteroatoms. The molecule has 4 nitrogen and oxygen atoms in total. The van der Waals surface area contributed by atoms with Crippen LogP contribution in [-0.2, 0) is 0 Å². The highest BCUT2D eigenvalue weighted by Gasteiger charge is 2.07. The molecule has 0 radical (unpaired) electrons. The quantitative estimate of drug-likeness (QED) is 0.348. The van der Waals surface area contributed by atoms with Crippen LogP contribution in [0.3, 0.4) is 0 Å². The average molecular weight is 334 g/mol. The summed E-state index contributed by atoms with van der Waals surface area (Å²) in [5, 5.41) is 40.8. The van der Waals surface area contributed by atoms with Gasteiger partial charge in [-0.2, -0.15) is 0 Å². The minimum Gasteiger partial charge on any atom is -0.504 e. The van der Waals surface area contributed by atoms with E-state index in [-0.39, 0.29) is 23.0 Å². The molecule has 4 aromatic rings. The van der Waals surface area contributed by atoms with Gasteiger partial charge in [0.25, 0.3) is 0 Å². The second kappa shape index (κ2) is 6.61. The van der Waals surface area contributed by atoms with Gasteiger partial charge in [0.05, 0.1) is 0 Å². The topological polar surface area (TPSA) is 80.9 Å². The van der Waals surface area contributed by atoms with Crippen LogP contribution < -0.4 is 0 Å². The first-order valence-electron chi connectivity index (χ1n) is 7.79. The van der Waals surface area contributed by atoms with Gasteiger partial charge < -0.3 is 20.4 Å². The van der Waals surface area contributed by atoms with E-state index >= 15 is 0 Å². The van der Waals surface area contributed by atoms with Crippen molar-refractivity contribution in [3.8, 4) is 23.0 Å². The Balaban J connectivity index is 0.000000146. The Morgan fingerprint density at radius 3 is 1.80 bits per heavy atom. The van der Waals surface area contributed by atoms with Crippen LogP contribution in [0.25, 0.3) is 21.5 Å². The highest BCUT2D eigenvalue weighted by Crippen LogP contribution is 2.36. The van der Waals surface area contributed by atoms with Crippen molar-refractivity contribution in [1.29, 1.82) is 0 Å². The summed E-state index contributed by atoms with van der Waals surface area (Å²) in [4.78, 5) is 0. The van der Waals surface area contributed by atoms with Gasteiger partial charge in [-0.1, -0.05) is 54.6 Å². The SMILES string of the molecule is Cc1cc2ccccc2c(O)c1O.Oc1ccc2ccccc2c1O. The second-order valence-corrected chi connectivity index (χ2v) is 5.77. The number of phenolic OH excluding ortho intramolecular Hbond substituents is 4. The molecular weight excluding hydrogens is 316 g/mol. The summed E-state index contributed by atoms with van der Waals surface area (Å²) in [5.41, 5.74) is 0.691. The number of phenols is 4. The van der Waals surface area contributed by atoms with E-state index in [0.717, 1.165) is 10.8 Å². The first-order valence-corrected chi connectivity index (χ1v) is 7.79. The molecule has 25 heavy (non-hydrogen) atoms. The molecule has 0 heterocycles. The van der Waals surface area contributed by atoms with E-state index in [1.807, 2.05) is 42.5 Å². The molecule has 0 spiro atoms. The van der Waals surface area contributed by atoms with Gasteiger partial charge in [-0.25, -0.2) is 0 Å². The molecule has 0 aliphatic heterocycles. The lowest BCUT2D eigenvalue weighted by Crippen LogP contribution is -1.79. The van der Waals surface area contributed by atoms with Crippen molar-refractivity contribution >= 4 is 21.5 Å². The minimum absolute atomic E-state index is 0.0290. The lowest BCUT2D eigenvalue weighted by molar-refractivity contribution is 0.405. The first-order chi connectivity index (χ1) is 12.0. The standard InChI is InChI=1S/C11H10O2.C10H8O2/c1-7-6-8-4-2-3-5-9(8)11(13)10(7)12;11-9-6-5-7-3-1-2-4-8(7)10(9)12/h2-6,12-13H,1H3;1-6,11-12H. The summed E-state index contributed by atoms with van der Waals surface area (Å²) in [6, 6.07) is 19.9. The van der Waals surface area contributed by atoms with Crippen LogP contribution in [0.5, 0.6) is 23.0 Å².